The average Bonchev–Trinajstić information content (AvgIpc) is 2.66. The second kappa shape index (κ2) is 5.52. The van der Waals surface area contributed by atoms with Crippen LogP contribution in [0, 0.1) is 0 Å². The fraction of sp³-hybridized carbons (Fsp3) is 0.312. The molecule has 1 atom stereocenters. The Hall–Kier alpha value is -2.43. The molecule has 5 nitrogen and oxygen atoms in total. The third-order valence-corrected chi connectivity index (χ3v) is 3.82. The minimum absolute atomic E-state index is 0.0485. The number of anilines is 1. The Kier molecular flexibility index (Phi) is 3.56. The first-order valence-electron chi connectivity index (χ1n) is 7.14. The topological polar surface area (TPSA) is 62.3 Å². The molecule has 1 aliphatic rings. The molecule has 1 N–H and O–H groups in total. The molecular formula is C16H17N3O2. The first-order chi connectivity index (χ1) is 10.2. The number of amides is 2. The van der Waals surface area contributed by atoms with Crippen LogP contribution in [-0.4, -0.2) is 29.4 Å². The van der Waals surface area contributed by atoms with E-state index < -0.39 is 6.04 Å². The van der Waals surface area contributed by atoms with Gasteiger partial charge in [-0.1, -0.05) is 19.1 Å². The second-order valence-electron chi connectivity index (χ2n) is 5.14. The van der Waals surface area contributed by atoms with Crippen molar-refractivity contribution in [1.29, 1.82) is 0 Å². The number of benzene rings is 1. The molecule has 1 saturated heterocycles. The van der Waals surface area contributed by atoms with E-state index in [2.05, 4.69) is 10.3 Å². The van der Waals surface area contributed by atoms with E-state index in [1.54, 1.807) is 17.3 Å². The summed E-state index contributed by atoms with van der Waals surface area (Å²) in [5.41, 5.74) is 0.842. The Bertz CT molecular complexity index is 693. The molecule has 1 aromatic carbocycles. The van der Waals surface area contributed by atoms with E-state index in [0.29, 0.717) is 19.4 Å². The van der Waals surface area contributed by atoms with Crippen LogP contribution in [0.25, 0.3) is 10.8 Å². The van der Waals surface area contributed by atoms with Gasteiger partial charge in [-0.3, -0.25) is 14.6 Å². The van der Waals surface area contributed by atoms with Gasteiger partial charge in [-0.05, 0) is 18.6 Å². The largest absolute Gasteiger partial charge is 0.344 e. The van der Waals surface area contributed by atoms with Crippen LogP contribution >= 0.6 is 0 Å². The number of nitrogens with zero attached hydrogens (tertiary/aromatic N) is 2. The molecule has 0 aliphatic carbocycles. The third kappa shape index (κ3) is 2.46. The number of hydrogen-bond acceptors (Lipinski definition) is 3. The molecule has 21 heavy (non-hydrogen) atoms. The van der Waals surface area contributed by atoms with Gasteiger partial charge in [-0.2, -0.15) is 0 Å². The van der Waals surface area contributed by atoms with Gasteiger partial charge in [-0.15, -0.1) is 0 Å². The fourth-order valence-electron chi connectivity index (χ4n) is 2.70. The van der Waals surface area contributed by atoms with Crippen molar-refractivity contribution in [3.8, 4) is 0 Å². The predicted molar refractivity (Wildman–Crippen MR) is 80.9 cm³/mol. The van der Waals surface area contributed by atoms with Crippen LogP contribution in [0.3, 0.4) is 0 Å². The van der Waals surface area contributed by atoms with E-state index >= 15 is 0 Å². The summed E-state index contributed by atoms with van der Waals surface area (Å²) < 4.78 is 0. The Morgan fingerprint density at radius 3 is 3.00 bits per heavy atom. The van der Waals surface area contributed by atoms with Crippen LogP contribution in [0.1, 0.15) is 19.8 Å². The maximum absolute atomic E-state index is 12.7. The summed E-state index contributed by atoms with van der Waals surface area (Å²) in [6, 6.07) is 7.25. The van der Waals surface area contributed by atoms with Crippen LogP contribution in [-0.2, 0) is 9.59 Å². The van der Waals surface area contributed by atoms with Crippen molar-refractivity contribution in [3.63, 3.8) is 0 Å². The van der Waals surface area contributed by atoms with Crippen molar-refractivity contribution in [2.75, 3.05) is 11.4 Å². The van der Waals surface area contributed by atoms with Gasteiger partial charge >= 0.3 is 0 Å². The van der Waals surface area contributed by atoms with E-state index in [-0.39, 0.29) is 11.8 Å². The van der Waals surface area contributed by atoms with Gasteiger partial charge in [0.25, 0.3) is 0 Å². The molecule has 0 radical (unpaired) electrons. The molecule has 1 aliphatic heterocycles. The molecule has 1 fully saturated rings. The third-order valence-electron chi connectivity index (χ3n) is 3.82. The normalized spacial score (nSPS) is 19.5. The summed E-state index contributed by atoms with van der Waals surface area (Å²) in [6.07, 6.45) is 4.41. The zero-order valence-electron chi connectivity index (χ0n) is 11.9. The van der Waals surface area contributed by atoms with Crippen LogP contribution in [0.2, 0.25) is 0 Å². The second-order valence-corrected chi connectivity index (χ2v) is 5.14. The quantitative estimate of drug-likeness (QED) is 0.915. The molecule has 0 saturated carbocycles. The summed E-state index contributed by atoms with van der Waals surface area (Å²) >= 11 is 0. The minimum atomic E-state index is -0.447. The average molecular weight is 283 g/mol. The minimum Gasteiger partial charge on any atom is -0.344 e. The SMILES string of the molecule is CCC1NC(=O)CCN(c2cccc3cnccc23)C1=O. The lowest BCUT2D eigenvalue weighted by Gasteiger charge is -2.24. The first-order valence-corrected chi connectivity index (χ1v) is 7.14. The maximum atomic E-state index is 12.7. The van der Waals surface area contributed by atoms with E-state index in [4.69, 9.17) is 0 Å². The Morgan fingerprint density at radius 1 is 1.33 bits per heavy atom. The Morgan fingerprint density at radius 2 is 2.19 bits per heavy atom. The highest BCUT2D eigenvalue weighted by molar-refractivity contribution is 6.07. The van der Waals surface area contributed by atoms with E-state index in [1.807, 2.05) is 31.2 Å². The molecule has 3 rings (SSSR count). The fourth-order valence-corrected chi connectivity index (χ4v) is 2.70. The lowest BCUT2D eigenvalue weighted by Crippen LogP contribution is -2.44. The zero-order chi connectivity index (χ0) is 14.8. The van der Waals surface area contributed by atoms with E-state index in [9.17, 15) is 9.59 Å². The molecule has 2 aromatic rings. The summed E-state index contributed by atoms with van der Waals surface area (Å²) in [4.78, 5) is 30.2. The molecule has 0 spiro atoms. The van der Waals surface area contributed by atoms with Crippen LogP contribution < -0.4 is 10.2 Å². The predicted octanol–water partition coefficient (Wildman–Crippen LogP) is 1.87. The van der Waals surface area contributed by atoms with Crippen LogP contribution in [0.4, 0.5) is 5.69 Å². The van der Waals surface area contributed by atoms with Crippen molar-refractivity contribution in [2.45, 2.75) is 25.8 Å². The van der Waals surface area contributed by atoms with Gasteiger partial charge in [0.05, 0.1) is 5.69 Å². The molecule has 5 heteroatoms. The number of carbonyl (C=O) groups is 2. The molecule has 2 heterocycles. The molecule has 1 aromatic heterocycles. The van der Waals surface area contributed by atoms with Crippen molar-refractivity contribution in [1.82, 2.24) is 10.3 Å². The zero-order valence-corrected chi connectivity index (χ0v) is 11.9. The number of rotatable bonds is 2. The highest BCUT2D eigenvalue weighted by Gasteiger charge is 2.30. The maximum Gasteiger partial charge on any atom is 0.249 e. The van der Waals surface area contributed by atoms with Gasteiger partial charge < -0.3 is 10.2 Å². The Labute approximate surface area is 123 Å². The lowest BCUT2D eigenvalue weighted by atomic mass is 10.1. The number of aromatic nitrogens is 1. The molecule has 0 bridgehead atoms. The smallest absolute Gasteiger partial charge is 0.249 e. The molecule has 2 amide bonds. The standard InChI is InChI=1S/C16H17N3O2/c1-2-13-16(21)19(9-7-15(20)18-13)14-5-3-4-11-10-17-8-6-12(11)14/h3-6,8,10,13H,2,7,9H2,1H3,(H,18,20). The number of fused-ring (bicyclic) bond motifs is 1. The number of nitrogens with one attached hydrogen (secondary N) is 1. The Balaban J connectivity index is 2.08. The van der Waals surface area contributed by atoms with Gasteiger partial charge in [0.2, 0.25) is 11.8 Å². The lowest BCUT2D eigenvalue weighted by molar-refractivity contribution is -0.125. The molecule has 108 valence electrons. The van der Waals surface area contributed by atoms with Crippen molar-refractivity contribution in [2.24, 2.45) is 0 Å². The van der Waals surface area contributed by atoms with Gasteiger partial charge in [0.15, 0.2) is 0 Å². The number of hydrogen-bond donors (Lipinski definition) is 1. The molecule has 1 unspecified atom stereocenters. The van der Waals surface area contributed by atoms with Gasteiger partial charge in [0.1, 0.15) is 6.04 Å². The van der Waals surface area contributed by atoms with E-state index in [1.165, 1.54) is 0 Å². The summed E-state index contributed by atoms with van der Waals surface area (Å²) in [5.74, 6) is -0.118. The number of carbonyl (C=O) groups excluding carboxylic acids is 2. The number of pyridine rings is 1. The van der Waals surface area contributed by atoms with Crippen LogP contribution in [0.15, 0.2) is 36.7 Å². The van der Waals surface area contributed by atoms with Gasteiger partial charge in [-0.25, -0.2) is 0 Å². The molecular weight excluding hydrogens is 266 g/mol. The van der Waals surface area contributed by atoms with E-state index in [0.717, 1.165) is 16.5 Å². The monoisotopic (exact) mass is 283 g/mol. The summed E-state index contributed by atoms with van der Waals surface area (Å²) in [7, 11) is 0. The van der Waals surface area contributed by atoms with Crippen LogP contribution in [0.5, 0.6) is 0 Å². The van der Waals surface area contributed by atoms with Crippen molar-refractivity contribution >= 4 is 28.3 Å². The highest BCUT2D eigenvalue weighted by Crippen LogP contribution is 2.27. The first kappa shape index (κ1) is 13.5. The highest BCUT2D eigenvalue weighted by atomic mass is 16.2. The summed E-state index contributed by atoms with van der Waals surface area (Å²) in [6.45, 7) is 2.31. The van der Waals surface area contributed by atoms with Crippen molar-refractivity contribution < 1.29 is 9.59 Å². The summed E-state index contributed by atoms with van der Waals surface area (Å²) in [5, 5.41) is 4.75. The van der Waals surface area contributed by atoms with Crippen molar-refractivity contribution in [3.05, 3.63) is 36.7 Å². The van der Waals surface area contributed by atoms with Gasteiger partial charge in [0, 0.05) is 36.1 Å².